The number of fused-ring (bicyclic) bond motifs is 1. The second kappa shape index (κ2) is 9.20. The average Bonchev–Trinajstić information content (AvgIpc) is 3.00. The van der Waals surface area contributed by atoms with Crippen LogP contribution in [0, 0.1) is 0 Å². The first-order valence-electron chi connectivity index (χ1n) is 8.40. The third kappa shape index (κ3) is 4.73. The highest BCUT2D eigenvalue weighted by Gasteiger charge is 2.06. The molecule has 3 N–H and O–H groups in total. The zero-order valence-electron chi connectivity index (χ0n) is 14.4. The van der Waals surface area contributed by atoms with E-state index in [-0.39, 0.29) is 0 Å². The van der Waals surface area contributed by atoms with Gasteiger partial charge >= 0.3 is 0 Å². The molecule has 0 amide bonds. The molecule has 0 unspecified atom stereocenters. The Hall–Kier alpha value is -2.01. The monoisotopic (exact) mass is 316 g/mol. The normalized spacial score (nSPS) is 11.9. The summed E-state index contributed by atoms with van der Waals surface area (Å²) >= 11 is 0. The van der Waals surface area contributed by atoms with Crippen molar-refractivity contribution >= 4 is 16.9 Å². The minimum Gasteiger partial charge on any atom is -0.380 e. The number of rotatable bonds is 8. The van der Waals surface area contributed by atoms with Gasteiger partial charge in [-0.05, 0) is 30.9 Å². The number of guanidine groups is 1. The van der Waals surface area contributed by atoms with Crippen LogP contribution in [0.3, 0.4) is 0 Å². The van der Waals surface area contributed by atoms with Crippen molar-refractivity contribution in [3.05, 3.63) is 35.5 Å². The summed E-state index contributed by atoms with van der Waals surface area (Å²) in [7, 11) is 1.79. The number of H-pyrrole nitrogens is 1. The van der Waals surface area contributed by atoms with Crippen molar-refractivity contribution in [3.63, 3.8) is 0 Å². The van der Waals surface area contributed by atoms with E-state index in [0.717, 1.165) is 38.5 Å². The Bertz CT molecular complexity index is 633. The van der Waals surface area contributed by atoms with Gasteiger partial charge in [0.15, 0.2) is 5.96 Å². The fourth-order valence-electron chi connectivity index (χ4n) is 2.70. The third-order valence-electron chi connectivity index (χ3n) is 3.92. The molecular formula is C18H28N4O. The summed E-state index contributed by atoms with van der Waals surface area (Å²) in [6.07, 6.45) is 4.13. The first kappa shape index (κ1) is 17.3. The molecule has 1 aromatic carbocycles. The van der Waals surface area contributed by atoms with E-state index in [2.05, 4.69) is 51.9 Å². The Balaban J connectivity index is 1.86. The highest BCUT2D eigenvalue weighted by Crippen LogP contribution is 2.22. The van der Waals surface area contributed by atoms with Gasteiger partial charge in [-0.25, -0.2) is 0 Å². The summed E-state index contributed by atoms with van der Waals surface area (Å²) in [5.74, 6) is 0.818. The van der Waals surface area contributed by atoms with Crippen LogP contribution in [0.1, 0.15) is 25.0 Å². The van der Waals surface area contributed by atoms with Crippen molar-refractivity contribution in [2.24, 2.45) is 4.99 Å². The molecule has 0 aliphatic heterocycles. The fourth-order valence-corrected chi connectivity index (χ4v) is 2.70. The fraction of sp³-hybridized carbons (Fsp3) is 0.500. The highest BCUT2D eigenvalue weighted by atomic mass is 16.5. The van der Waals surface area contributed by atoms with Crippen LogP contribution in [-0.2, 0) is 17.6 Å². The molecule has 2 rings (SSSR count). The largest absolute Gasteiger partial charge is 0.380 e. The number of aromatic amines is 1. The number of nitrogens with one attached hydrogen (secondary N) is 3. The standard InChI is InChI=1S/C18H28N4O/c1-4-14-7-6-8-16-15(13-22-17(14)16)9-10-20-18(19-3)21-11-12-23-5-2/h6-8,13,22H,4-5,9-12H2,1-3H3,(H2,19,20,21). The van der Waals surface area contributed by atoms with Crippen LogP contribution < -0.4 is 10.6 Å². The minimum absolute atomic E-state index is 0.694. The molecule has 0 aliphatic carbocycles. The van der Waals surface area contributed by atoms with Crippen LogP contribution >= 0.6 is 0 Å². The van der Waals surface area contributed by atoms with Crippen molar-refractivity contribution in [1.29, 1.82) is 0 Å². The van der Waals surface area contributed by atoms with Gasteiger partial charge in [0.05, 0.1) is 6.61 Å². The summed E-state index contributed by atoms with van der Waals surface area (Å²) in [5.41, 5.74) is 3.98. The van der Waals surface area contributed by atoms with Gasteiger partial charge in [-0.15, -0.1) is 0 Å². The molecule has 126 valence electrons. The molecule has 5 nitrogen and oxygen atoms in total. The first-order chi connectivity index (χ1) is 11.3. The van der Waals surface area contributed by atoms with E-state index in [4.69, 9.17) is 4.74 Å². The maximum Gasteiger partial charge on any atom is 0.191 e. The summed E-state index contributed by atoms with van der Waals surface area (Å²) < 4.78 is 5.31. The first-order valence-corrected chi connectivity index (χ1v) is 8.40. The molecular weight excluding hydrogens is 288 g/mol. The van der Waals surface area contributed by atoms with Crippen LogP contribution in [0.4, 0.5) is 0 Å². The SMILES string of the molecule is CCOCCNC(=NC)NCCc1c[nH]c2c(CC)cccc12. The Labute approximate surface area is 138 Å². The third-order valence-corrected chi connectivity index (χ3v) is 3.92. The second-order valence-corrected chi connectivity index (χ2v) is 5.38. The van der Waals surface area contributed by atoms with Gasteiger partial charge in [0.25, 0.3) is 0 Å². The zero-order chi connectivity index (χ0) is 16.5. The van der Waals surface area contributed by atoms with E-state index in [1.165, 1.54) is 22.0 Å². The number of ether oxygens (including phenoxy) is 1. The summed E-state index contributed by atoms with van der Waals surface area (Å²) in [4.78, 5) is 7.64. The van der Waals surface area contributed by atoms with E-state index in [1.54, 1.807) is 7.05 Å². The lowest BCUT2D eigenvalue weighted by molar-refractivity contribution is 0.152. The molecule has 0 saturated heterocycles. The number of aliphatic imine (C=N–C) groups is 1. The lowest BCUT2D eigenvalue weighted by Crippen LogP contribution is -2.39. The summed E-state index contributed by atoms with van der Waals surface area (Å²) in [5, 5.41) is 7.92. The Morgan fingerprint density at radius 3 is 2.74 bits per heavy atom. The molecule has 0 radical (unpaired) electrons. The van der Waals surface area contributed by atoms with Gasteiger partial charge < -0.3 is 20.4 Å². The number of aryl methyl sites for hydroxylation is 1. The number of benzene rings is 1. The molecule has 2 aromatic rings. The number of para-hydroxylation sites is 1. The van der Waals surface area contributed by atoms with Gasteiger partial charge in [0, 0.05) is 43.8 Å². The van der Waals surface area contributed by atoms with E-state index >= 15 is 0 Å². The van der Waals surface area contributed by atoms with E-state index in [9.17, 15) is 0 Å². The molecule has 0 saturated carbocycles. The lowest BCUT2D eigenvalue weighted by Gasteiger charge is -2.11. The quantitative estimate of drug-likeness (QED) is 0.398. The Kier molecular flexibility index (Phi) is 6.94. The molecule has 0 fully saturated rings. The van der Waals surface area contributed by atoms with Gasteiger partial charge in [0.1, 0.15) is 0 Å². The second-order valence-electron chi connectivity index (χ2n) is 5.38. The number of hydrogen-bond acceptors (Lipinski definition) is 2. The van der Waals surface area contributed by atoms with Gasteiger partial charge in [-0.1, -0.05) is 25.1 Å². The van der Waals surface area contributed by atoms with Crippen molar-refractivity contribution in [3.8, 4) is 0 Å². The van der Waals surface area contributed by atoms with E-state index in [0.29, 0.717) is 6.61 Å². The van der Waals surface area contributed by atoms with Gasteiger partial charge in [0.2, 0.25) is 0 Å². The van der Waals surface area contributed by atoms with Crippen molar-refractivity contribution < 1.29 is 4.74 Å². The van der Waals surface area contributed by atoms with Gasteiger partial charge in [-0.3, -0.25) is 4.99 Å². The average molecular weight is 316 g/mol. The summed E-state index contributed by atoms with van der Waals surface area (Å²) in [6.45, 7) is 7.23. The molecule has 1 aromatic heterocycles. The molecule has 23 heavy (non-hydrogen) atoms. The molecule has 0 aliphatic rings. The predicted molar refractivity (Wildman–Crippen MR) is 97.2 cm³/mol. The van der Waals surface area contributed by atoms with Crippen molar-refractivity contribution in [1.82, 2.24) is 15.6 Å². The van der Waals surface area contributed by atoms with Crippen LogP contribution in [0.5, 0.6) is 0 Å². The summed E-state index contributed by atoms with van der Waals surface area (Å²) in [6, 6.07) is 6.51. The van der Waals surface area contributed by atoms with Gasteiger partial charge in [-0.2, -0.15) is 0 Å². The van der Waals surface area contributed by atoms with Crippen LogP contribution in [0.2, 0.25) is 0 Å². The molecule has 0 bridgehead atoms. The molecule has 0 atom stereocenters. The minimum atomic E-state index is 0.694. The maximum absolute atomic E-state index is 5.31. The predicted octanol–water partition coefficient (Wildman–Crippen LogP) is 2.47. The van der Waals surface area contributed by atoms with E-state index in [1.807, 2.05) is 6.92 Å². The topological polar surface area (TPSA) is 61.4 Å². The maximum atomic E-state index is 5.31. The van der Waals surface area contributed by atoms with E-state index < -0.39 is 0 Å². The van der Waals surface area contributed by atoms with Crippen molar-refractivity contribution in [2.45, 2.75) is 26.7 Å². The molecule has 1 heterocycles. The zero-order valence-corrected chi connectivity index (χ0v) is 14.4. The Morgan fingerprint density at radius 2 is 2.00 bits per heavy atom. The van der Waals surface area contributed by atoms with Crippen molar-refractivity contribution in [2.75, 3.05) is 33.4 Å². The number of hydrogen-bond donors (Lipinski definition) is 3. The van der Waals surface area contributed by atoms with Crippen LogP contribution in [-0.4, -0.2) is 44.3 Å². The number of nitrogens with zero attached hydrogens (tertiary/aromatic N) is 1. The van der Waals surface area contributed by atoms with Crippen LogP contribution in [0.25, 0.3) is 10.9 Å². The molecule has 0 spiro atoms. The Morgan fingerprint density at radius 1 is 1.17 bits per heavy atom. The number of aromatic nitrogens is 1. The molecule has 5 heteroatoms. The van der Waals surface area contributed by atoms with Crippen LogP contribution in [0.15, 0.2) is 29.4 Å². The smallest absolute Gasteiger partial charge is 0.191 e. The highest BCUT2D eigenvalue weighted by molar-refractivity contribution is 5.86. The lowest BCUT2D eigenvalue weighted by atomic mass is 10.1.